The van der Waals surface area contributed by atoms with Crippen LogP contribution >= 0.6 is 0 Å². The zero-order valence-electron chi connectivity index (χ0n) is 29.1. The van der Waals surface area contributed by atoms with Gasteiger partial charge >= 0.3 is 0 Å². The van der Waals surface area contributed by atoms with E-state index in [4.69, 9.17) is 18.9 Å². The van der Waals surface area contributed by atoms with Gasteiger partial charge in [-0.1, -0.05) is 84.9 Å². The molecule has 4 aromatic carbocycles. The summed E-state index contributed by atoms with van der Waals surface area (Å²) in [5, 5.41) is 13.3. The van der Waals surface area contributed by atoms with Crippen molar-refractivity contribution in [1.29, 1.82) is 0 Å². The maximum atomic E-state index is 12.5. The Bertz CT molecular complexity index is 1820. The third-order valence-corrected chi connectivity index (χ3v) is 7.97. The number of aromatic nitrogens is 2. The number of carbonyl (C=O) groups excluding carboxylic acids is 2. The maximum Gasteiger partial charge on any atom is 0.258 e. The first kappa shape index (κ1) is 36.0. The minimum absolute atomic E-state index is 0.132. The van der Waals surface area contributed by atoms with Gasteiger partial charge < -0.3 is 29.6 Å². The average Bonchev–Trinajstić information content (AvgIpc) is 3.63. The number of benzene rings is 4. The van der Waals surface area contributed by atoms with Gasteiger partial charge in [0.1, 0.15) is 0 Å². The lowest BCUT2D eigenvalue weighted by molar-refractivity contribution is -0.124. The first-order valence-electron chi connectivity index (χ1n) is 16.5. The number of aromatic amines is 1. The Balaban J connectivity index is 1.12. The second kappa shape index (κ2) is 17.9. The molecule has 10 nitrogen and oxygen atoms in total. The standard InChI is InChI=1S/C41H42N4O6/c1-28(32-11-7-5-8-12-32)42-40(46)26-50-36-21-17-30(23-38(36)48-3)15-19-34-25-35(45-44-34)20-16-31-18-22-37(39(24-31)49-4)51-27-41(47)43-29(2)33-13-9-6-10-14-33/h5-25,28-29H,26-27H2,1-4H3,(H,42,46)(H,43,47)(H,44,45)/b19-15+,20-16+/t28-,29-/m0/s1. The van der Waals surface area contributed by atoms with Gasteiger partial charge in [0.25, 0.3) is 11.8 Å². The molecule has 5 rings (SSSR count). The van der Waals surface area contributed by atoms with Gasteiger partial charge in [-0.25, -0.2) is 0 Å². The molecule has 10 heteroatoms. The molecule has 0 spiro atoms. The molecule has 3 N–H and O–H groups in total. The average molecular weight is 687 g/mol. The van der Waals surface area contributed by atoms with Crippen molar-refractivity contribution in [1.82, 2.24) is 20.8 Å². The lowest BCUT2D eigenvalue weighted by Gasteiger charge is -2.15. The van der Waals surface area contributed by atoms with E-state index in [1.807, 2.05) is 129 Å². The molecule has 1 heterocycles. The number of hydrogen-bond acceptors (Lipinski definition) is 7. The molecule has 0 saturated heterocycles. The highest BCUT2D eigenvalue weighted by Crippen LogP contribution is 2.30. The SMILES string of the molecule is COc1cc(/C=C/c2cc(/C=C/c3ccc(OCC(=O)N[C@@H](C)c4ccccc4)c(OC)c3)[nH]n2)ccc1OCC(=O)N[C@@H](C)c1ccccc1. The molecule has 5 aromatic rings. The van der Waals surface area contributed by atoms with Crippen molar-refractivity contribution in [3.05, 3.63) is 137 Å². The Morgan fingerprint density at radius 3 is 1.57 bits per heavy atom. The van der Waals surface area contributed by atoms with Crippen molar-refractivity contribution < 1.29 is 28.5 Å². The van der Waals surface area contributed by atoms with Gasteiger partial charge in [0, 0.05) is 0 Å². The van der Waals surface area contributed by atoms with E-state index < -0.39 is 0 Å². The summed E-state index contributed by atoms with van der Waals surface area (Å²) in [6, 6.07) is 32.2. The summed E-state index contributed by atoms with van der Waals surface area (Å²) in [7, 11) is 3.12. The van der Waals surface area contributed by atoms with Crippen molar-refractivity contribution in [2.24, 2.45) is 0 Å². The molecular formula is C41H42N4O6. The van der Waals surface area contributed by atoms with Crippen LogP contribution in [-0.4, -0.2) is 49.4 Å². The van der Waals surface area contributed by atoms with Crippen molar-refractivity contribution >= 4 is 36.1 Å². The van der Waals surface area contributed by atoms with Crippen LogP contribution in [0.2, 0.25) is 0 Å². The first-order chi connectivity index (χ1) is 24.8. The van der Waals surface area contributed by atoms with E-state index in [1.54, 1.807) is 26.4 Å². The normalized spacial score (nSPS) is 12.3. The van der Waals surface area contributed by atoms with Gasteiger partial charge in [-0.3, -0.25) is 14.7 Å². The molecule has 262 valence electrons. The largest absolute Gasteiger partial charge is 0.493 e. The van der Waals surface area contributed by atoms with Crippen LogP contribution in [0.1, 0.15) is 59.6 Å². The summed E-state index contributed by atoms with van der Waals surface area (Å²) >= 11 is 0. The van der Waals surface area contributed by atoms with E-state index in [0.29, 0.717) is 23.0 Å². The summed E-state index contributed by atoms with van der Waals surface area (Å²) in [6.45, 7) is 3.59. The number of methoxy groups -OCH3 is 2. The summed E-state index contributed by atoms with van der Waals surface area (Å²) in [6.07, 6.45) is 7.63. The molecule has 0 saturated carbocycles. The van der Waals surface area contributed by atoms with Crippen LogP contribution in [0.3, 0.4) is 0 Å². The lowest BCUT2D eigenvalue weighted by atomic mass is 10.1. The third kappa shape index (κ3) is 10.6. The van der Waals surface area contributed by atoms with Crippen molar-refractivity contribution in [2.75, 3.05) is 27.4 Å². The molecule has 0 fully saturated rings. The first-order valence-corrected chi connectivity index (χ1v) is 16.5. The van der Waals surface area contributed by atoms with Crippen LogP contribution < -0.4 is 29.6 Å². The van der Waals surface area contributed by atoms with Crippen LogP contribution in [-0.2, 0) is 9.59 Å². The highest BCUT2D eigenvalue weighted by molar-refractivity contribution is 5.79. The van der Waals surface area contributed by atoms with Crippen LogP contribution in [0.25, 0.3) is 24.3 Å². The van der Waals surface area contributed by atoms with Crippen LogP contribution in [0.4, 0.5) is 0 Å². The lowest BCUT2D eigenvalue weighted by Crippen LogP contribution is -2.31. The van der Waals surface area contributed by atoms with E-state index in [2.05, 4.69) is 20.8 Å². The Hall–Kier alpha value is -6.29. The molecule has 1 aromatic heterocycles. The number of nitrogens with zero attached hydrogens (tertiary/aromatic N) is 1. The Labute approximate surface area is 298 Å². The quantitative estimate of drug-likeness (QED) is 0.0997. The van der Waals surface area contributed by atoms with Crippen molar-refractivity contribution in [3.63, 3.8) is 0 Å². The number of amides is 2. The van der Waals surface area contributed by atoms with Crippen LogP contribution in [0, 0.1) is 0 Å². The van der Waals surface area contributed by atoms with Gasteiger partial charge in [0.15, 0.2) is 36.2 Å². The van der Waals surface area contributed by atoms with Gasteiger partial charge in [-0.15, -0.1) is 0 Å². The zero-order valence-corrected chi connectivity index (χ0v) is 29.1. The molecular weight excluding hydrogens is 644 g/mol. The van der Waals surface area contributed by atoms with Gasteiger partial charge in [0.05, 0.1) is 37.7 Å². The van der Waals surface area contributed by atoms with Crippen molar-refractivity contribution in [3.8, 4) is 23.0 Å². The number of nitrogens with one attached hydrogen (secondary N) is 3. The Morgan fingerprint density at radius 2 is 1.10 bits per heavy atom. The van der Waals surface area contributed by atoms with Crippen molar-refractivity contribution in [2.45, 2.75) is 25.9 Å². The fourth-order valence-electron chi connectivity index (χ4n) is 5.21. The molecule has 2 atom stereocenters. The second-order valence-corrected chi connectivity index (χ2v) is 11.7. The maximum absolute atomic E-state index is 12.5. The summed E-state index contributed by atoms with van der Waals surface area (Å²) in [4.78, 5) is 25.0. The smallest absolute Gasteiger partial charge is 0.258 e. The zero-order chi connectivity index (χ0) is 36.0. The Morgan fingerprint density at radius 1 is 0.627 bits per heavy atom. The van der Waals surface area contributed by atoms with Gasteiger partial charge in [-0.2, -0.15) is 5.10 Å². The van der Waals surface area contributed by atoms with E-state index in [0.717, 1.165) is 33.6 Å². The van der Waals surface area contributed by atoms with Crippen LogP contribution in [0.5, 0.6) is 23.0 Å². The molecule has 0 aliphatic heterocycles. The number of hydrogen-bond donors (Lipinski definition) is 3. The number of H-pyrrole nitrogens is 1. The second-order valence-electron chi connectivity index (χ2n) is 11.7. The molecule has 0 aliphatic rings. The predicted octanol–water partition coefficient (Wildman–Crippen LogP) is 7.28. The Kier molecular flexibility index (Phi) is 12.6. The van der Waals surface area contributed by atoms with E-state index in [9.17, 15) is 9.59 Å². The van der Waals surface area contributed by atoms with E-state index in [1.165, 1.54) is 0 Å². The molecule has 2 amide bonds. The molecule has 51 heavy (non-hydrogen) atoms. The topological polar surface area (TPSA) is 124 Å². The predicted molar refractivity (Wildman–Crippen MR) is 199 cm³/mol. The van der Waals surface area contributed by atoms with E-state index >= 15 is 0 Å². The fourth-order valence-corrected chi connectivity index (χ4v) is 5.21. The van der Waals surface area contributed by atoms with E-state index in [-0.39, 0.29) is 37.1 Å². The highest BCUT2D eigenvalue weighted by Gasteiger charge is 2.13. The molecule has 0 unspecified atom stereocenters. The number of carbonyl (C=O) groups is 2. The fraction of sp³-hybridized carbons (Fsp3) is 0.195. The third-order valence-electron chi connectivity index (χ3n) is 7.97. The summed E-state index contributed by atoms with van der Waals surface area (Å²) < 4.78 is 22.6. The minimum atomic E-state index is -0.225. The minimum Gasteiger partial charge on any atom is -0.493 e. The summed E-state index contributed by atoms with van der Waals surface area (Å²) in [5.41, 5.74) is 5.33. The number of ether oxygens (including phenoxy) is 4. The molecule has 0 radical (unpaired) electrons. The monoisotopic (exact) mass is 686 g/mol. The molecule has 0 bridgehead atoms. The summed E-state index contributed by atoms with van der Waals surface area (Å²) in [5.74, 6) is 1.52. The number of rotatable bonds is 16. The van der Waals surface area contributed by atoms with Gasteiger partial charge in [0.2, 0.25) is 0 Å². The van der Waals surface area contributed by atoms with Gasteiger partial charge in [-0.05, 0) is 78.6 Å². The van der Waals surface area contributed by atoms with Crippen LogP contribution in [0.15, 0.2) is 103 Å². The molecule has 0 aliphatic carbocycles. The highest BCUT2D eigenvalue weighted by atomic mass is 16.5.